The summed E-state index contributed by atoms with van der Waals surface area (Å²) in [5.41, 5.74) is 0.335. The van der Waals surface area contributed by atoms with Crippen molar-refractivity contribution in [1.29, 1.82) is 0 Å². The molecule has 0 aliphatic rings. The van der Waals surface area contributed by atoms with Crippen LogP contribution in [-0.2, 0) is 4.79 Å². The van der Waals surface area contributed by atoms with E-state index in [-0.39, 0.29) is 34.5 Å². The number of rotatable bonds is 8. The Morgan fingerprint density at radius 1 is 1.12 bits per heavy atom. The lowest BCUT2D eigenvalue weighted by molar-refractivity contribution is -0.117. The molecular formula is C20H26FN7O3S. The fraction of sp³-hybridized carbons (Fsp3) is 0.350. The number of hydrogen-bond acceptors (Lipinski definition) is 7. The monoisotopic (exact) mass is 463 g/mol. The van der Waals surface area contributed by atoms with E-state index in [4.69, 9.17) is 17.0 Å². The van der Waals surface area contributed by atoms with E-state index in [1.54, 1.807) is 11.9 Å². The highest BCUT2D eigenvalue weighted by atomic mass is 32.1. The average molecular weight is 464 g/mol. The molecule has 3 amide bonds. The summed E-state index contributed by atoms with van der Waals surface area (Å²) in [5, 5.41) is 7.78. The zero-order valence-corrected chi connectivity index (χ0v) is 19.1. The van der Waals surface area contributed by atoms with Crippen molar-refractivity contribution in [2.24, 2.45) is 0 Å². The number of amides is 3. The lowest BCUT2D eigenvalue weighted by atomic mass is 10.3. The van der Waals surface area contributed by atoms with Crippen molar-refractivity contribution in [3.63, 3.8) is 0 Å². The number of nitrogens with zero attached hydrogens (tertiary/aromatic N) is 4. The number of thiocarbonyl (C=S) groups is 1. The third-order valence-corrected chi connectivity index (χ3v) is 4.22. The molecule has 172 valence electrons. The molecule has 32 heavy (non-hydrogen) atoms. The van der Waals surface area contributed by atoms with Crippen molar-refractivity contribution < 1.29 is 18.7 Å². The summed E-state index contributed by atoms with van der Waals surface area (Å²) in [5.74, 6) is -0.824. The number of aromatic nitrogens is 2. The minimum Gasteiger partial charge on any atom is -0.436 e. The normalized spacial score (nSPS) is 10.4. The Bertz CT molecular complexity index is 974. The van der Waals surface area contributed by atoms with Crippen LogP contribution in [0.5, 0.6) is 11.6 Å². The van der Waals surface area contributed by atoms with Gasteiger partial charge >= 0.3 is 6.03 Å². The van der Waals surface area contributed by atoms with Crippen molar-refractivity contribution >= 4 is 40.8 Å². The number of hydrogen-bond donors (Lipinski definition) is 3. The van der Waals surface area contributed by atoms with Gasteiger partial charge in [-0.3, -0.25) is 10.1 Å². The molecule has 0 spiro atoms. The minimum absolute atomic E-state index is 0.0495. The van der Waals surface area contributed by atoms with Gasteiger partial charge in [-0.25, -0.2) is 19.2 Å². The Morgan fingerprint density at radius 3 is 2.53 bits per heavy atom. The fourth-order valence-electron chi connectivity index (χ4n) is 2.49. The highest BCUT2D eigenvalue weighted by Crippen LogP contribution is 2.26. The summed E-state index contributed by atoms with van der Waals surface area (Å²) in [6.07, 6.45) is 2.03. The van der Waals surface area contributed by atoms with Gasteiger partial charge in [0.1, 0.15) is 12.1 Å². The van der Waals surface area contributed by atoms with Crippen molar-refractivity contribution in [3.05, 3.63) is 36.4 Å². The second-order valence-corrected chi connectivity index (χ2v) is 7.54. The Morgan fingerprint density at radius 2 is 1.88 bits per heavy atom. The largest absolute Gasteiger partial charge is 0.436 e. The quantitative estimate of drug-likeness (QED) is 0.513. The molecule has 1 aromatic heterocycles. The van der Waals surface area contributed by atoms with Crippen LogP contribution in [0.4, 0.5) is 20.7 Å². The molecule has 1 heterocycles. The summed E-state index contributed by atoms with van der Waals surface area (Å²) in [6.45, 7) is 2.75. The van der Waals surface area contributed by atoms with E-state index in [0.29, 0.717) is 12.2 Å². The molecule has 0 radical (unpaired) electrons. The predicted octanol–water partition coefficient (Wildman–Crippen LogP) is 2.66. The lowest BCUT2D eigenvalue weighted by Crippen LogP contribution is -2.33. The molecule has 3 N–H and O–H groups in total. The maximum atomic E-state index is 14.4. The first kappa shape index (κ1) is 24.9. The standard InChI is InChI=1S/C20H26FN7O3S/c1-13(29)24-19(32)25-14-6-7-16(15(21)10-14)31-18-11-17(22-12-23-18)26-20(30)28(4)9-5-8-27(2)3/h6-7,10-12H,5,8-9H2,1-4H3,(H,22,23,26,30)(H2,24,25,29,32). The van der Waals surface area contributed by atoms with Gasteiger partial charge in [0.2, 0.25) is 11.8 Å². The number of urea groups is 1. The van der Waals surface area contributed by atoms with Crippen molar-refractivity contribution in [1.82, 2.24) is 25.1 Å². The first-order valence-corrected chi connectivity index (χ1v) is 10.1. The van der Waals surface area contributed by atoms with E-state index in [0.717, 1.165) is 19.0 Å². The second-order valence-electron chi connectivity index (χ2n) is 7.13. The molecule has 0 fully saturated rings. The number of carbonyl (C=O) groups excluding carboxylic acids is 2. The molecule has 0 saturated heterocycles. The summed E-state index contributed by atoms with van der Waals surface area (Å²) < 4.78 is 19.9. The van der Waals surface area contributed by atoms with Gasteiger partial charge in [0.25, 0.3) is 0 Å². The van der Waals surface area contributed by atoms with Crippen LogP contribution < -0.4 is 20.7 Å². The van der Waals surface area contributed by atoms with E-state index in [2.05, 4.69) is 25.9 Å². The molecule has 0 bridgehead atoms. The summed E-state index contributed by atoms with van der Waals surface area (Å²) in [7, 11) is 5.62. The van der Waals surface area contributed by atoms with Crippen molar-refractivity contribution in [3.8, 4) is 11.6 Å². The number of benzene rings is 1. The summed E-state index contributed by atoms with van der Waals surface area (Å²) >= 11 is 4.94. The Hall–Kier alpha value is -3.38. The summed E-state index contributed by atoms with van der Waals surface area (Å²) in [4.78, 5) is 34.8. The lowest BCUT2D eigenvalue weighted by Gasteiger charge is -2.19. The molecule has 10 nitrogen and oxygen atoms in total. The molecule has 0 aliphatic heterocycles. The van der Waals surface area contributed by atoms with Gasteiger partial charge in [0.15, 0.2) is 16.7 Å². The summed E-state index contributed by atoms with van der Waals surface area (Å²) in [6, 6.07) is 5.13. The molecule has 12 heteroatoms. The smallest absolute Gasteiger partial charge is 0.322 e. The van der Waals surface area contributed by atoms with Gasteiger partial charge in [-0.05, 0) is 51.4 Å². The van der Waals surface area contributed by atoms with E-state index in [1.807, 2.05) is 19.0 Å². The van der Waals surface area contributed by atoms with Gasteiger partial charge in [-0.15, -0.1) is 0 Å². The van der Waals surface area contributed by atoms with Crippen molar-refractivity contribution in [2.75, 3.05) is 44.9 Å². The SMILES string of the molecule is CC(=O)NC(=S)Nc1ccc(Oc2cc(NC(=O)N(C)CCCN(C)C)ncn2)c(F)c1. The fourth-order valence-corrected chi connectivity index (χ4v) is 2.75. The van der Waals surface area contributed by atoms with Crippen LogP contribution in [0.25, 0.3) is 0 Å². The third-order valence-electron chi connectivity index (χ3n) is 4.02. The molecule has 2 aromatic rings. The van der Waals surface area contributed by atoms with Gasteiger partial charge < -0.3 is 25.2 Å². The number of anilines is 2. The van der Waals surface area contributed by atoms with E-state index in [9.17, 15) is 14.0 Å². The van der Waals surface area contributed by atoms with Crippen LogP contribution in [0.1, 0.15) is 13.3 Å². The van der Waals surface area contributed by atoms with Crippen LogP contribution in [0, 0.1) is 5.82 Å². The van der Waals surface area contributed by atoms with Crippen LogP contribution in [0.3, 0.4) is 0 Å². The minimum atomic E-state index is -0.676. The molecular weight excluding hydrogens is 437 g/mol. The molecule has 0 aliphatic carbocycles. The maximum Gasteiger partial charge on any atom is 0.322 e. The zero-order chi connectivity index (χ0) is 23.7. The highest BCUT2D eigenvalue weighted by Gasteiger charge is 2.12. The molecule has 0 atom stereocenters. The molecule has 2 rings (SSSR count). The van der Waals surface area contributed by atoms with Crippen LogP contribution in [-0.4, -0.2) is 71.1 Å². The first-order valence-electron chi connectivity index (χ1n) is 9.69. The number of halogens is 1. The van der Waals surface area contributed by atoms with Gasteiger partial charge in [0.05, 0.1) is 0 Å². The Labute approximate surface area is 191 Å². The van der Waals surface area contributed by atoms with E-state index < -0.39 is 5.82 Å². The van der Waals surface area contributed by atoms with E-state index in [1.165, 1.54) is 31.5 Å². The number of carbonyl (C=O) groups is 2. The van der Waals surface area contributed by atoms with Crippen LogP contribution >= 0.6 is 12.2 Å². The highest BCUT2D eigenvalue weighted by molar-refractivity contribution is 7.80. The molecule has 1 aromatic carbocycles. The average Bonchev–Trinajstić information content (AvgIpc) is 2.69. The Balaban J connectivity index is 1.98. The molecule has 0 saturated carbocycles. The van der Waals surface area contributed by atoms with Crippen molar-refractivity contribution in [2.45, 2.75) is 13.3 Å². The van der Waals surface area contributed by atoms with Crippen LogP contribution in [0.15, 0.2) is 30.6 Å². The number of nitrogens with one attached hydrogen (secondary N) is 3. The topological polar surface area (TPSA) is 112 Å². The molecule has 0 unspecified atom stereocenters. The maximum absolute atomic E-state index is 14.4. The first-order chi connectivity index (χ1) is 15.1. The number of ether oxygens (including phenoxy) is 1. The van der Waals surface area contributed by atoms with Gasteiger partial charge in [-0.1, -0.05) is 0 Å². The zero-order valence-electron chi connectivity index (χ0n) is 18.3. The predicted molar refractivity (Wildman–Crippen MR) is 123 cm³/mol. The Kier molecular flexibility index (Phi) is 9.22. The van der Waals surface area contributed by atoms with Gasteiger partial charge in [-0.2, -0.15) is 0 Å². The van der Waals surface area contributed by atoms with E-state index >= 15 is 0 Å². The third kappa shape index (κ3) is 8.40. The van der Waals surface area contributed by atoms with Crippen LogP contribution in [0.2, 0.25) is 0 Å². The van der Waals surface area contributed by atoms with Gasteiger partial charge in [0, 0.05) is 38.3 Å². The second kappa shape index (κ2) is 11.9.